The van der Waals surface area contributed by atoms with Crippen LogP contribution in [0.2, 0.25) is 6.82 Å². The molecule has 0 saturated carbocycles. The van der Waals surface area contributed by atoms with Crippen LogP contribution in [0.4, 0.5) is 0 Å². The first-order valence-corrected chi connectivity index (χ1v) is 4.57. The summed E-state index contributed by atoms with van der Waals surface area (Å²) in [7, 11) is -0.543. The van der Waals surface area contributed by atoms with Crippen molar-refractivity contribution in [3.05, 3.63) is 0 Å². The maximum absolute atomic E-state index is 10.7. The summed E-state index contributed by atoms with van der Waals surface area (Å²) in [6.45, 7) is 4.41. The van der Waals surface area contributed by atoms with Crippen LogP contribution in [0.15, 0.2) is 0 Å². The zero-order chi connectivity index (χ0) is 10.1. The van der Waals surface area contributed by atoms with Gasteiger partial charge in [0.05, 0.1) is 11.5 Å². The van der Waals surface area contributed by atoms with Crippen molar-refractivity contribution in [3.8, 4) is 0 Å². The third-order valence-electron chi connectivity index (χ3n) is 2.83. The Morgan fingerprint density at radius 3 is 2.77 bits per heavy atom. The molecule has 1 saturated heterocycles. The first kappa shape index (κ1) is 10.7. The fourth-order valence-electron chi connectivity index (χ4n) is 1.62. The number of carbonyl (C=O) groups is 1. The molecule has 0 radical (unpaired) electrons. The monoisotopic (exact) mass is 185 g/mol. The Labute approximate surface area is 78.7 Å². The van der Waals surface area contributed by atoms with Crippen LogP contribution in [0.25, 0.3) is 0 Å². The van der Waals surface area contributed by atoms with Gasteiger partial charge in [-0.3, -0.25) is 0 Å². The lowest BCUT2D eigenvalue weighted by atomic mass is 9.76. The van der Waals surface area contributed by atoms with Gasteiger partial charge in [-0.15, -0.1) is 0 Å². The molecule has 1 aliphatic heterocycles. The van der Waals surface area contributed by atoms with Crippen molar-refractivity contribution in [2.24, 2.45) is 5.92 Å². The van der Waals surface area contributed by atoms with Crippen molar-refractivity contribution in [3.63, 3.8) is 0 Å². The van der Waals surface area contributed by atoms with Crippen LogP contribution < -0.4 is 0 Å². The maximum atomic E-state index is 10.7. The van der Waals surface area contributed by atoms with Crippen molar-refractivity contribution in [2.45, 2.75) is 25.8 Å². The van der Waals surface area contributed by atoms with Gasteiger partial charge in [0.15, 0.2) is 0 Å². The molecule has 0 spiro atoms. The number of piperidine rings is 1. The van der Waals surface area contributed by atoms with Crippen LogP contribution in [-0.4, -0.2) is 47.0 Å². The van der Waals surface area contributed by atoms with E-state index in [9.17, 15) is 14.9 Å². The topological polar surface area (TPSA) is 60.8 Å². The van der Waals surface area contributed by atoms with Crippen LogP contribution in [0, 0.1) is 5.92 Å². The minimum absolute atomic E-state index is 0.393. The molecule has 0 amide bonds. The summed E-state index contributed by atoms with van der Waals surface area (Å²) >= 11 is 0. The SMILES string of the molecule is CB(O)N1CC[C@@](C)(O)[C@@H](C=O)C1. The fraction of sp³-hybridized carbons (Fsp3) is 0.875. The Bertz CT molecular complexity index is 196. The summed E-state index contributed by atoms with van der Waals surface area (Å²) in [5, 5.41) is 19.1. The zero-order valence-corrected chi connectivity index (χ0v) is 8.10. The van der Waals surface area contributed by atoms with Crippen molar-refractivity contribution in [1.29, 1.82) is 0 Å². The minimum atomic E-state index is -0.910. The summed E-state index contributed by atoms with van der Waals surface area (Å²) in [4.78, 5) is 12.5. The van der Waals surface area contributed by atoms with Crippen molar-refractivity contribution >= 4 is 13.3 Å². The number of hydrogen-bond donors (Lipinski definition) is 2. The average Bonchev–Trinajstić information content (AvgIpc) is 2.03. The number of nitrogens with zero attached hydrogens (tertiary/aromatic N) is 1. The van der Waals surface area contributed by atoms with E-state index in [2.05, 4.69) is 0 Å². The molecular weight excluding hydrogens is 169 g/mol. The van der Waals surface area contributed by atoms with Crippen LogP contribution in [-0.2, 0) is 4.79 Å². The van der Waals surface area contributed by atoms with Gasteiger partial charge in [-0.25, -0.2) is 0 Å². The quantitative estimate of drug-likeness (QED) is 0.444. The van der Waals surface area contributed by atoms with Gasteiger partial charge in [0.25, 0.3) is 0 Å². The molecular formula is C8H16BNO3. The van der Waals surface area contributed by atoms with Gasteiger partial charge in [-0.05, 0) is 26.7 Å². The Morgan fingerprint density at radius 2 is 2.31 bits per heavy atom. The molecule has 2 N–H and O–H groups in total. The zero-order valence-electron chi connectivity index (χ0n) is 8.10. The first-order valence-electron chi connectivity index (χ1n) is 4.57. The minimum Gasteiger partial charge on any atom is -0.437 e. The van der Waals surface area contributed by atoms with Crippen LogP contribution in [0.3, 0.4) is 0 Å². The number of aldehydes is 1. The highest BCUT2D eigenvalue weighted by atomic mass is 16.3. The molecule has 0 bridgehead atoms. The Morgan fingerprint density at radius 1 is 1.69 bits per heavy atom. The highest BCUT2D eigenvalue weighted by Crippen LogP contribution is 2.26. The lowest BCUT2D eigenvalue weighted by molar-refractivity contribution is -0.123. The molecule has 0 aromatic rings. The van der Waals surface area contributed by atoms with Crippen LogP contribution in [0.1, 0.15) is 13.3 Å². The Kier molecular flexibility index (Phi) is 3.11. The van der Waals surface area contributed by atoms with Crippen molar-refractivity contribution in [1.82, 2.24) is 4.81 Å². The number of hydrogen-bond acceptors (Lipinski definition) is 4. The third kappa shape index (κ3) is 2.30. The lowest BCUT2D eigenvalue weighted by Gasteiger charge is -2.40. The van der Waals surface area contributed by atoms with Gasteiger partial charge in [-0.2, -0.15) is 0 Å². The molecule has 2 atom stereocenters. The summed E-state index contributed by atoms with van der Waals surface area (Å²) in [6.07, 6.45) is 1.30. The van der Waals surface area contributed by atoms with Gasteiger partial charge in [0.1, 0.15) is 6.29 Å². The molecule has 13 heavy (non-hydrogen) atoms. The summed E-state index contributed by atoms with van der Waals surface area (Å²) in [6, 6.07) is 0. The average molecular weight is 185 g/mol. The fourth-order valence-corrected chi connectivity index (χ4v) is 1.62. The standard InChI is InChI=1S/C8H16BNO3/c1-8(12)3-4-10(9(2)13)5-7(8)6-11/h6-7,12-13H,3-5H2,1-2H3/t7-,8-/m1/s1. The molecule has 74 valence electrons. The molecule has 0 unspecified atom stereocenters. The van der Waals surface area contributed by atoms with Crippen LogP contribution in [0.5, 0.6) is 0 Å². The van der Waals surface area contributed by atoms with Gasteiger partial charge >= 0.3 is 7.05 Å². The Hall–Kier alpha value is -0.385. The lowest BCUT2D eigenvalue weighted by Crippen LogP contribution is -2.54. The highest BCUT2D eigenvalue weighted by molar-refractivity contribution is 6.45. The van der Waals surface area contributed by atoms with Crippen molar-refractivity contribution in [2.75, 3.05) is 13.1 Å². The van der Waals surface area contributed by atoms with E-state index in [-0.39, 0.29) is 0 Å². The summed E-state index contributed by atoms with van der Waals surface area (Å²) in [5.74, 6) is -0.393. The van der Waals surface area contributed by atoms with Crippen molar-refractivity contribution < 1.29 is 14.9 Å². The second-order valence-electron chi connectivity index (χ2n) is 3.98. The maximum Gasteiger partial charge on any atom is 0.376 e. The largest absolute Gasteiger partial charge is 0.437 e. The molecule has 5 heteroatoms. The number of rotatable bonds is 2. The second kappa shape index (κ2) is 3.78. The van der Waals surface area contributed by atoms with E-state index >= 15 is 0 Å². The van der Waals surface area contributed by atoms with E-state index in [0.717, 1.165) is 6.29 Å². The predicted molar refractivity (Wildman–Crippen MR) is 50.2 cm³/mol. The molecule has 1 rings (SSSR count). The summed E-state index contributed by atoms with van der Waals surface area (Å²) < 4.78 is 0. The smallest absolute Gasteiger partial charge is 0.376 e. The Balaban J connectivity index is 2.63. The van der Waals surface area contributed by atoms with Gasteiger partial charge < -0.3 is 19.7 Å². The first-order chi connectivity index (χ1) is 5.97. The van der Waals surface area contributed by atoms with E-state index in [1.165, 1.54) is 0 Å². The van der Waals surface area contributed by atoms with Crippen LogP contribution >= 0.6 is 0 Å². The van der Waals surface area contributed by atoms with E-state index in [4.69, 9.17) is 0 Å². The summed E-state index contributed by atoms with van der Waals surface area (Å²) in [5.41, 5.74) is -0.910. The molecule has 0 aromatic heterocycles. The van der Waals surface area contributed by atoms with Gasteiger partial charge in [-0.1, -0.05) is 0 Å². The molecule has 0 aliphatic carbocycles. The number of carbonyl (C=O) groups excluding carboxylic acids is 1. The van der Waals surface area contributed by atoms with E-state index in [0.29, 0.717) is 19.5 Å². The normalized spacial score (nSPS) is 35.8. The second-order valence-corrected chi connectivity index (χ2v) is 3.98. The van der Waals surface area contributed by atoms with Gasteiger partial charge in [0.2, 0.25) is 0 Å². The molecule has 4 nitrogen and oxygen atoms in total. The van der Waals surface area contributed by atoms with E-state index in [1.807, 2.05) is 0 Å². The van der Waals surface area contributed by atoms with E-state index < -0.39 is 18.6 Å². The highest BCUT2D eigenvalue weighted by Gasteiger charge is 2.38. The van der Waals surface area contributed by atoms with E-state index in [1.54, 1.807) is 18.6 Å². The molecule has 1 heterocycles. The molecule has 0 aromatic carbocycles. The number of aliphatic hydroxyl groups is 1. The third-order valence-corrected chi connectivity index (χ3v) is 2.83. The van der Waals surface area contributed by atoms with Gasteiger partial charge in [0, 0.05) is 6.54 Å². The molecule has 1 fully saturated rings. The predicted octanol–water partition coefficient (Wildman–Crippen LogP) is -0.632. The molecule has 1 aliphatic rings.